The van der Waals surface area contributed by atoms with Crippen LogP contribution >= 0.6 is 0 Å². The maximum absolute atomic E-state index is 12.6. The van der Waals surface area contributed by atoms with E-state index in [4.69, 9.17) is 0 Å². The molecule has 1 aromatic rings. The van der Waals surface area contributed by atoms with Crippen molar-refractivity contribution in [2.45, 2.75) is 12.8 Å². The van der Waals surface area contributed by atoms with Gasteiger partial charge in [-0.3, -0.25) is 4.79 Å². The first kappa shape index (κ1) is 12.5. The van der Waals surface area contributed by atoms with Crippen LogP contribution in [0.15, 0.2) is 24.3 Å². The molecular formula is C15H21N3O. The first-order valence-corrected chi connectivity index (χ1v) is 7.13. The van der Waals surface area contributed by atoms with Crippen molar-refractivity contribution < 1.29 is 4.79 Å². The van der Waals surface area contributed by atoms with Crippen molar-refractivity contribution in [3.05, 3.63) is 29.8 Å². The number of hydrogen-bond donors (Lipinski definition) is 1. The first-order valence-electron chi connectivity index (χ1n) is 7.13. The van der Waals surface area contributed by atoms with Crippen LogP contribution in [0.1, 0.15) is 18.4 Å². The van der Waals surface area contributed by atoms with Crippen LogP contribution in [-0.4, -0.2) is 55.0 Å². The average Bonchev–Trinajstić information content (AvgIpc) is 2.90. The normalized spacial score (nSPS) is 23.0. The SMILES string of the molecule is CCN1CCN(C(=O)C2CNc3ccccc32)CC1. The second kappa shape index (κ2) is 5.21. The minimum atomic E-state index is 0.00405. The lowest BCUT2D eigenvalue weighted by molar-refractivity contribution is -0.134. The molecule has 2 aliphatic heterocycles. The van der Waals surface area contributed by atoms with E-state index in [1.807, 2.05) is 17.0 Å². The van der Waals surface area contributed by atoms with Gasteiger partial charge in [-0.05, 0) is 18.2 Å². The van der Waals surface area contributed by atoms with Gasteiger partial charge in [-0.1, -0.05) is 25.1 Å². The Kier molecular flexibility index (Phi) is 3.42. The molecule has 19 heavy (non-hydrogen) atoms. The van der Waals surface area contributed by atoms with Gasteiger partial charge in [-0.25, -0.2) is 0 Å². The number of carbonyl (C=O) groups excluding carboxylic acids is 1. The summed E-state index contributed by atoms with van der Waals surface area (Å²) < 4.78 is 0. The Morgan fingerprint density at radius 3 is 2.74 bits per heavy atom. The molecule has 0 saturated carbocycles. The number of anilines is 1. The maximum Gasteiger partial charge on any atom is 0.232 e. The number of nitrogens with one attached hydrogen (secondary N) is 1. The highest BCUT2D eigenvalue weighted by Crippen LogP contribution is 2.32. The van der Waals surface area contributed by atoms with Crippen LogP contribution in [0.25, 0.3) is 0 Å². The van der Waals surface area contributed by atoms with Crippen molar-refractivity contribution in [2.75, 3.05) is 44.6 Å². The van der Waals surface area contributed by atoms with E-state index in [1.54, 1.807) is 0 Å². The zero-order valence-corrected chi connectivity index (χ0v) is 11.4. The van der Waals surface area contributed by atoms with E-state index in [2.05, 4.69) is 29.3 Å². The van der Waals surface area contributed by atoms with Crippen LogP contribution in [-0.2, 0) is 4.79 Å². The Hall–Kier alpha value is -1.55. The Bertz CT molecular complexity index is 466. The molecular weight excluding hydrogens is 238 g/mol. The van der Waals surface area contributed by atoms with Gasteiger partial charge in [0.15, 0.2) is 0 Å². The summed E-state index contributed by atoms with van der Waals surface area (Å²) >= 11 is 0. The molecule has 1 atom stereocenters. The van der Waals surface area contributed by atoms with Crippen LogP contribution in [0.2, 0.25) is 0 Å². The third kappa shape index (κ3) is 2.32. The van der Waals surface area contributed by atoms with E-state index in [1.165, 1.54) is 0 Å². The van der Waals surface area contributed by atoms with Gasteiger partial charge in [-0.15, -0.1) is 0 Å². The maximum atomic E-state index is 12.6. The van der Waals surface area contributed by atoms with Crippen LogP contribution < -0.4 is 5.32 Å². The van der Waals surface area contributed by atoms with Gasteiger partial charge >= 0.3 is 0 Å². The third-order valence-electron chi connectivity index (χ3n) is 4.26. The summed E-state index contributed by atoms with van der Waals surface area (Å²) in [5, 5.41) is 3.33. The van der Waals surface area contributed by atoms with E-state index in [0.717, 1.165) is 50.5 Å². The number of piperazine rings is 1. The highest BCUT2D eigenvalue weighted by Gasteiger charge is 2.32. The number of carbonyl (C=O) groups is 1. The van der Waals surface area contributed by atoms with Gasteiger partial charge in [0.05, 0.1) is 5.92 Å². The summed E-state index contributed by atoms with van der Waals surface area (Å²) in [7, 11) is 0. The number of likely N-dealkylation sites (N-methyl/N-ethyl adjacent to an activating group) is 1. The van der Waals surface area contributed by atoms with E-state index in [-0.39, 0.29) is 11.8 Å². The molecule has 0 aromatic heterocycles. The zero-order valence-electron chi connectivity index (χ0n) is 11.4. The molecule has 1 unspecified atom stereocenters. The lowest BCUT2D eigenvalue weighted by Crippen LogP contribution is -2.50. The fourth-order valence-corrected chi connectivity index (χ4v) is 3.01. The molecule has 1 amide bonds. The molecule has 1 N–H and O–H groups in total. The highest BCUT2D eigenvalue weighted by atomic mass is 16.2. The van der Waals surface area contributed by atoms with Crippen molar-refractivity contribution in [3.63, 3.8) is 0 Å². The minimum absolute atomic E-state index is 0.00405. The predicted octanol–water partition coefficient (Wildman–Crippen LogP) is 1.36. The smallest absolute Gasteiger partial charge is 0.232 e. The average molecular weight is 259 g/mol. The van der Waals surface area contributed by atoms with Gasteiger partial charge in [-0.2, -0.15) is 0 Å². The third-order valence-corrected chi connectivity index (χ3v) is 4.26. The van der Waals surface area contributed by atoms with Crippen molar-refractivity contribution in [1.82, 2.24) is 9.80 Å². The molecule has 2 heterocycles. The van der Waals surface area contributed by atoms with Crippen LogP contribution in [0.4, 0.5) is 5.69 Å². The second-order valence-electron chi connectivity index (χ2n) is 5.28. The quantitative estimate of drug-likeness (QED) is 0.871. The van der Waals surface area contributed by atoms with Crippen molar-refractivity contribution in [1.29, 1.82) is 0 Å². The summed E-state index contributed by atoms with van der Waals surface area (Å²) in [6.45, 7) is 7.74. The van der Waals surface area contributed by atoms with E-state index >= 15 is 0 Å². The van der Waals surface area contributed by atoms with Gasteiger partial charge in [0.25, 0.3) is 0 Å². The van der Waals surface area contributed by atoms with Crippen LogP contribution in [0.5, 0.6) is 0 Å². The fourth-order valence-electron chi connectivity index (χ4n) is 3.01. The highest BCUT2D eigenvalue weighted by molar-refractivity contribution is 5.88. The number of nitrogens with zero attached hydrogens (tertiary/aromatic N) is 2. The monoisotopic (exact) mass is 259 g/mol. The Morgan fingerprint density at radius 2 is 2.00 bits per heavy atom. The molecule has 4 heteroatoms. The second-order valence-corrected chi connectivity index (χ2v) is 5.28. The summed E-state index contributed by atoms with van der Waals surface area (Å²) in [6, 6.07) is 8.15. The molecule has 1 aromatic carbocycles. The molecule has 4 nitrogen and oxygen atoms in total. The number of rotatable bonds is 2. The Labute approximate surface area is 114 Å². The molecule has 0 aliphatic carbocycles. The van der Waals surface area contributed by atoms with E-state index in [9.17, 15) is 4.79 Å². The molecule has 3 rings (SSSR count). The molecule has 2 aliphatic rings. The molecule has 1 saturated heterocycles. The summed E-state index contributed by atoms with van der Waals surface area (Å²) in [6.07, 6.45) is 0. The van der Waals surface area contributed by atoms with E-state index < -0.39 is 0 Å². The summed E-state index contributed by atoms with van der Waals surface area (Å²) in [5.74, 6) is 0.289. The largest absolute Gasteiger partial charge is 0.384 e. The standard InChI is InChI=1S/C15H21N3O/c1-2-17-7-9-18(10-8-17)15(19)13-11-16-14-6-4-3-5-12(13)14/h3-6,13,16H,2,7-11H2,1H3. The molecule has 1 fully saturated rings. The number of hydrogen-bond acceptors (Lipinski definition) is 3. The van der Waals surface area contributed by atoms with Gasteiger partial charge in [0, 0.05) is 38.4 Å². The number of amides is 1. The molecule has 0 bridgehead atoms. The predicted molar refractivity (Wildman–Crippen MR) is 76.4 cm³/mol. The van der Waals surface area contributed by atoms with Gasteiger partial charge < -0.3 is 15.1 Å². The summed E-state index contributed by atoms with van der Waals surface area (Å²) in [5.41, 5.74) is 2.28. The topological polar surface area (TPSA) is 35.6 Å². The lowest BCUT2D eigenvalue weighted by Gasteiger charge is -2.35. The van der Waals surface area contributed by atoms with E-state index in [0.29, 0.717) is 0 Å². The minimum Gasteiger partial charge on any atom is -0.384 e. The fraction of sp³-hybridized carbons (Fsp3) is 0.533. The lowest BCUT2D eigenvalue weighted by atomic mass is 9.99. The number of para-hydroxylation sites is 1. The van der Waals surface area contributed by atoms with Crippen molar-refractivity contribution >= 4 is 11.6 Å². The zero-order chi connectivity index (χ0) is 13.2. The Morgan fingerprint density at radius 1 is 1.26 bits per heavy atom. The first-order chi connectivity index (χ1) is 9.29. The van der Waals surface area contributed by atoms with Crippen LogP contribution in [0.3, 0.4) is 0 Å². The summed E-state index contributed by atoms with van der Waals surface area (Å²) in [4.78, 5) is 17.0. The molecule has 0 spiro atoms. The molecule has 0 radical (unpaired) electrons. The number of benzene rings is 1. The van der Waals surface area contributed by atoms with Gasteiger partial charge in [0.1, 0.15) is 0 Å². The molecule has 102 valence electrons. The number of fused-ring (bicyclic) bond motifs is 1. The van der Waals surface area contributed by atoms with Crippen molar-refractivity contribution in [2.24, 2.45) is 0 Å². The van der Waals surface area contributed by atoms with Gasteiger partial charge in [0.2, 0.25) is 5.91 Å². The van der Waals surface area contributed by atoms with Crippen molar-refractivity contribution in [3.8, 4) is 0 Å². The van der Waals surface area contributed by atoms with Crippen LogP contribution in [0, 0.1) is 0 Å². The Balaban J connectivity index is 1.69.